The molecule has 0 saturated heterocycles. The summed E-state index contributed by atoms with van der Waals surface area (Å²) in [5.74, 6) is -1.52. The Morgan fingerprint density at radius 1 is 1.43 bits per heavy atom. The lowest BCUT2D eigenvalue weighted by atomic mass is 10.0. The summed E-state index contributed by atoms with van der Waals surface area (Å²) in [5, 5.41) is 21.5. The SMILES string of the molecule is CCOC(=O)C=C(C)N[C@@H](C(=O)O)c1ccc(O)c(C)c1. The molecule has 0 aliphatic heterocycles. The topological polar surface area (TPSA) is 95.9 Å². The van der Waals surface area contributed by atoms with Gasteiger partial charge in [0.1, 0.15) is 11.8 Å². The van der Waals surface area contributed by atoms with Crippen LogP contribution in [0.2, 0.25) is 0 Å². The lowest BCUT2D eigenvalue weighted by molar-refractivity contribution is -0.140. The van der Waals surface area contributed by atoms with Crippen molar-refractivity contribution in [2.24, 2.45) is 0 Å². The summed E-state index contributed by atoms with van der Waals surface area (Å²) in [5.41, 5.74) is 1.44. The maximum atomic E-state index is 11.4. The van der Waals surface area contributed by atoms with Gasteiger partial charge in [-0.05, 0) is 44.0 Å². The first-order valence-corrected chi connectivity index (χ1v) is 6.49. The number of carbonyl (C=O) groups is 2. The minimum Gasteiger partial charge on any atom is -0.508 e. The molecule has 3 N–H and O–H groups in total. The molecule has 21 heavy (non-hydrogen) atoms. The first-order valence-electron chi connectivity index (χ1n) is 6.49. The highest BCUT2D eigenvalue weighted by Crippen LogP contribution is 2.22. The molecule has 6 nitrogen and oxygen atoms in total. The fraction of sp³-hybridized carbons (Fsp3) is 0.333. The Hall–Kier alpha value is -2.50. The molecule has 114 valence electrons. The predicted octanol–water partition coefficient (Wildman–Crippen LogP) is 1.88. The lowest BCUT2D eigenvalue weighted by Gasteiger charge is -2.17. The molecule has 0 unspecified atom stereocenters. The molecule has 0 heterocycles. The molecule has 0 aliphatic rings. The molecule has 1 aromatic rings. The van der Waals surface area contributed by atoms with Crippen molar-refractivity contribution >= 4 is 11.9 Å². The third-order valence-electron chi connectivity index (χ3n) is 2.79. The summed E-state index contributed by atoms with van der Waals surface area (Å²) >= 11 is 0. The predicted molar refractivity (Wildman–Crippen MR) is 76.7 cm³/mol. The Kier molecular flexibility index (Phi) is 5.78. The fourth-order valence-electron chi connectivity index (χ4n) is 1.78. The fourth-order valence-corrected chi connectivity index (χ4v) is 1.78. The van der Waals surface area contributed by atoms with Crippen LogP contribution < -0.4 is 5.32 Å². The maximum absolute atomic E-state index is 11.4. The quantitative estimate of drug-likeness (QED) is 0.547. The van der Waals surface area contributed by atoms with Gasteiger partial charge in [-0.1, -0.05) is 6.07 Å². The van der Waals surface area contributed by atoms with Gasteiger partial charge in [0.2, 0.25) is 0 Å². The van der Waals surface area contributed by atoms with E-state index in [1.165, 1.54) is 18.2 Å². The molecule has 1 atom stereocenters. The number of aryl methyl sites for hydroxylation is 1. The van der Waals surface area contributed by atoms with Gasteiger partial charge in [-0.15, -0.1) is 0 Å². The molecule has 0 aromatic heterocycles. The van der Waals surface area contributed by atoms with Crippen LogP contribution in [0.1, 0.15) is 31.0 Å². The number of hydrogen-bond donors (Lipinski definition) is 3. The van der Waals surface area contributed by atoms with Crippen molar-refractivity contribution in [1.82, 2.24) is 5.32 Å². The summed E-state index contributed by atoms with van der Waals surface area (Å²) in [7, 11) is 0. The van der Waals surface area contributed by atoms with Crippen molar-refractivity contribution < 1.29 is 24.5 Å². The third kappa shape index (κ3) is 4.83. The Balaban J connectivity index is 2.95. The molecule has 0 bridgehead atoms. The largest absolute Gasteiger partial charge is 0.508 e. The van der Waals surface area contributed by atoms with Gasteiger partial charge in [0.15, 0.2) is 0 Å². The summed E-state index contributed by atoms with van der Waals surface area (Å²) < 4.78 is 4.76. The standard InChI is InChI=1S/C15H19NO5/c1-4-21-13(18)8-10(3)16-14(15(19)20)11-5-6-12(17)9(2)7-11/h5-8,14,16-17H,4H2,1-3H3,(H,19,20)/t14-/m1/s1. The van der Waals surface area contributed by atoms with Gasteiger partial charge >= 0.3 is 11.9 Å². The van der Waals surface area contributed by atoms with Gasteiger partial charge < -0.3 is 20.3 Å². The van der Waals surface area contributed by atoms with Crippen molar-refractivity contribution in [3.05, 3.63) is 41.1 Å². The van der Waals surface area contributed by atoms with E-state index in [1.54, 1.807) is 26.8 Å². The normalized spacial score (nSPS) is 12.6. The first kappa shape index (κ1) is 16.6. The van der Waals surface area contributed by atoms with Crippen LogP contribution in [-0.4, -0.2) is 28.8 Å². The summed E-state index contributed by atoms with van der Waals surface area (Å²) in [6.45, 7) is 5.20. The molecule has 0 amide bonds. The van der Waals surface area contributed by atoms with Crippen LogP contribution in [0, 0.1) is 6.92 Å². The van der Waals surface area contributed by atoms with Crippen LogP contribution in [0.15, 0.2) is 30.0 Å². The molecular weight excluding hydrogens is 274 g/mol. The highest BCUT2D eigenvalue weighted by Gasteiger charge is 2.20. The van der Waals surface area contributed by atoms with E-state index in [1.807, 2.05) is 0 Å². The number of benzene rings is 1. The van der Waals surface area contributed by atoms with Gasteiger partial charge in [-0.3, -0.25) is 0 Å². The van der Waals surface area contributed by atoms with E-state index in [0.717, 1.165) is 0 Å². The van der Waals surface area contributed by atoms with Crippen LogP contribution in [0.4, 0.5) is 0 Å². The smallest absolute Gasteiger partial charge is 0.332 e. The van der Waals surface area contributed by atoms with E-state index in [2.05, 4.69) is 5.32 Å². The lowest BCUT2D eigenvalue weighted by Crippen LogP contribution is -2.27. The molecule has 1 rings (SSSR count). The summed E-state index contributed by atoms with van der Waals surface area (Å²) in [6, 6.07) is 3.52. The Labute approximate surface area is 123 Å². The van der Waals surface area contributed by atoms with E-state index >= 15 is 0 Å². The summed E-state index contributed by atoms with van der Waals surface area (Å²) in [6.07, 6.45) is 1.20. The Morgan fingerprint density at radius 2 is 2.10 bits per heavy atom. The van der Waals surface area contributed by atoms with Crippen molar-refractivity contribution in [2.75, 3.05) is 6.61 Å². The highest BCUT2D eigenvalue weighted by molar-refractivity contribution is 5.83. The van der Waals surface area contributed by atoms with Gasteiger partial charge in [0.05, 0.1) is 6.61 Å². The van der Waals surface area contributed by atoms with Crippen molar-refractivity contribution in [2.45, 2.75) is 26.8 Å². The second-order valence-corrected chi connectivity index (χ2v) is 4.54. The molecule has 0 saturated carbocycles. The zero-order chi connectivity index (χ0) is 16.0. The molecule has 0 spiro atoms. The van der Waals surface area contributed by atoms with Gasteiger partial charge in [-0.2, -0.15) is 0 Å². The summed E-state index contributed by atoms with van der Waals surface area (Å²) in [4.78, 5) is 22.7. The molecule has 0 fully saturated rings. The van der Waals surface area contributed by atoms with Crippen LogP contribution in [0.3, 0.4) is 0 Å². The number of ether oxygens (including phenoxy) is 1. The number of aliphatic carboxylic acids is 1. The van der Waals surface area contributed by atoms with E-state index in [9.17, 15) is 19.8 Å². The number of hydrogen-bond acceptors (Lipinski definition) is 5. The van der Waals surface area contributed by atoms with E-state index < -0.39 is 18.0 Å². The average Bonchev–Trinajstić information content (AvgIpc) is 2.39. The number of carboxylic acid groups (broad SMARTS) is 1. The van der Waals surface area contributed by atoms with E-state index in [0.29, 0.717) is 16.8 Å². The number of carboxylic acids is 1. The molecular formula is C15H19NO5. The van der Waals surface area contributed by atoms with Crippen LogP contribution in [0.25, 0.3) is 0 Å². The number of carbonyl (C=O) groups excluding carboxylic acids is 1. The minimum absolute atomic E-state index is 0.0988. The second-order valence-electron chi connectivity index (χ2n) is 4.54. The number of phenolic OH excluding ortho intramolecular Hbond substituents is 1. The molecule has 0 aliphatic carbocycles. The first-order chi connectivity index (χ1) is 9.85. The number of rotatable bonds is 6. The Morgan fingerprint density at radius 3 is 2.62 bits per heavy atom. The van der Waals surface area contributed by atoms with Gasteiger partial charge in [0, 0.05) is 11.8 Å². The molecule has 0 radical (unpaired) electrons. The number of nitrogens with one attached hydrogen (secondary N) is 1. The van der Waals surface area contributed by atoms with Crippen molar-refractivity contribution in [1.29, 1.82) is 0 Å². The van der Waals surface area contributed by atoms with Crippen LogP contribution >= 0.6 is 0 Å². The molecule has 6 heteroatoms. The van der Waals surface area contributed by atoms with Crippen LogP contribution in [0.5, 0.6) is 5.75 Å². The van der Waals surface area contributed by atoms with Crippen molar-refractivity contribution in [3.8, 4) is 5.75 Å². The zero-order valence-corrected chi connectivity index (χ0v) is 12.2. The average molecular weight is 293 g/mol. The zero-order valence-electron chi connectivity index (χ0n) is 12.2. The van der Waals surface area contributed by atoms with Gasteiger partial charge in [0.25, 0.3) is 0 Å². The third-order valence-corrected chi connectivity index (χ3v) is 2.79. The number of allylic oxidation sites excluding steroid dienone is 1. The monoisotopic (exact) mass is 293 g/mol. The number of esters is 1. The minimum atomic E-state index is -1.09. The highest BCUT2D eigenvalue weighted by atomic mass is 16.5. The van der Waals surface area contributed by atoms with Crippen molar-refractivity contribution in [3.63, 3.8) is 0 Å². The van der Waals surface area contributed by atoms with Gasteiger partial charge in [-0.25, -0.2) is 9.59 Å². The molecule has 1 aromatic carbocycles. The van der Waals surface area contributed by atoms with E-state index in [-0.39, 0.29) is 12.4 Å². The maximum Gasteiger partial charge on any atom is 0.332 e. The second kappa shape index (κ2) is 7.33. The van der Waals surface area contributed by atoms with Crippen LogP contribution in [-0.2, 0) is 14.3 Å². The Bertz CT molecular complexity index is 565. The number of aromatic hydroxyl groups is 1. The van der Waals surface area contributed by atoms with E-state index in [4.69, 9.17) is 4.74 Å². The number of phenols is 1.